The van der Waals surface area contributed by atoms with Gasteiger partial charge in [-0.15, -0.1) is 11.6 Å². The highest BCUT2D eigenvalue weighted by atomic mass is 35.5. The van der Waals surface area contributed by atoms with Crippen LogP contribution >= 0.6 is 11.6 Å². The number of alkyl halides is 1. The van der Waals surface area contributed by atoms with E-state index in [0.717, 1.165) is 13.0 Å². The second-order valence-corrected chi connectivity index (χ2v) is 5.55. The largest absolute Gasteiger partial charge is 0.367 e. The van der Waals surface area contributed by atoms with Crippen molar-refractivity contribution in [1.82, 2.24) is 0 Å². The van der Waals surface area contributed by atoms with Crippen molar-refractivity contribution in [3.8, 4) is 0 Å². The van der Waals surface area contributed by atoms with Gasteiger partial charge in [-0.1, -0.05) is 30.5 Å². The molecule has 1 nitrogen and oxygen atoms in total. The van der Waals surface area contributed by atoms with Gasteiger partial charge in [0.2, 0.25) is 0 Å². The van der Waals surface area contributed by atoms with E-state index in [1.807, 2.05) is 0 Å². The maximum atomic E-state index is 6.50. The molecule has 94 valence electrons. The van der Waals surface area contributed by atoms with Crippen molar-refractivity contribution in [3.05, 3.63) is 29.8 Å². The summed E-state index contributed by atoms with van der Waals surface area (Å²) in [6, 6.07) is 9.32. The van der Waals surface area contributed by atoms with Crippen LogP contribution in [-0.4, -0.2) is 18.0 Å². The third kappa shape index (κ3) is 2.95. The Morgan fingerprint density at radius 2 is 1.82 bits per heavy atom. The zero-order valence-corrected chi connectivity index (χ0v) is 11.6. The number of halogens is 1. The minimum atomic E-state index is 0.310. The van der Waals surface area contributed by atoms with E-state index in [2.05, 4.69) is 43.0 Å². The van der Waals surface area contributed by atoms with Crippen molar-refractivity contribution in [3.63, 3.8) is 0 Å². The van der Waals surface area contributed by atoms with Gasteiger partial charge >= 0.3 is 0 Å². The van der Waals surface area contributed by atoms with Crippen LogP contribution in [0.2, 0.25) is 0 Å². The molecule has 1 fully saturated rings. The molecule has 1 aromatic carbocycles. The second-order valence-electron chi connectivity index (χ2n) is 4.99. The molecule has 0 amide bonds. The lowest BCUT2D eigenvalue weighted by Crippen LogP contribution is -2.43. The quantitative estimate of drug-likeness (QED) is 0.721. The van der Waals surface area contributed by atoms with E-state index in [9.17, 15) is 0 Å². The maximum absolute atomic E-state index is 6.50. The molecule has 0 spiro atoms. The van der Waals surface area contributed by atoms with Crippen molar-refractivity contribution in [2.75, 3.05) is 11.4 Å². The molecule has 1 saturated carbocycles. The van der Waals surface area contributed by atoms with E-state index in [1.165, 1.54) is 30.5 Å². The van der Waals surface area contributed by atoms with Gasteiger partial charge in [0, 0.05) is 18.3 Å². The summed E-state index contributed by atoms with van der Waals surface area (Å²) in [5.41, 5.74) is 2.63. The molecule has 0 aliphatic heterocycles. The Hall–Kier alpha value is -0.690. The van der Waals surface area contributed by atoms with E-state index < -0.39 is 0 Å². The SMILES string of the molecule is CCN(c1ccc(C)cc1)[C@@H]1CCCC[C@H]1Cl. The lowest BCUT2D eigenvalue weighted by Gasteiger charge is -2.38. The summed E-state index contributed by atoms with van der Waals surface area (Å²) in [6.07, 6.45) is 5.00. The molecule has 0 N–H and O–H groups in total. The first-order chi connectivity index (χ1) is 8.22. The first kappa shape index (κ1) is 12.8. The minimum absolute atomic E-state index is 0.310. The van der Waals surface area contributed by atoms with Crippen LogP contribution in [-0.2, 0) is 0 Å². The Labute approximate surface area is 110 Å². The van der Waals surface area contributed by atoms with Crippen LogP contribution in [0.3, 0.4) is 0 Å². The van der Waals surface area contributed by atoms with Crippen molar-refractivity contribution in [1.29, 1.82) is 0 Å². The van der Waals surface area contributed by atoms with Gasteiger partial charge in [-0.3, -0.25) is 0 Å². The molecule has 1 aliphatic rings. The molecule has 1 aliphatic carbocycles. The number of hydrogen-bond donors (Lipinski definition) is 0. The molecule has 0 heterocycles. The zero-order valence-electron chi connectivity index (χ0n) is 10.8. The number of benzene rings is 1. The molecule has 2 atom stereocenters. The van der Waals surface area contributed by atoms with E-state index in [1.54, 1.807) is 0 Å². The zero-order chi connectivity index (χ0) is 12.3. The molecule has 1 aromatic rings. The van der Waals surface area contributed by atoms with Crippen LogP contribution < -0.4 is 4.90 Å². The third-order valence-corrected chi connectivity index (χ3v) is 4.26. The highest BCUT2D eigenvalue weighted by Crippen LogP contribution is 2.30. The summed E-state index contributed by atoms with van der Waals surface area (Å²) in [7, 11) is 0. The van der Waals surface area contributed by atoms with Gasteiger partial charge < -0.3 is 4.90 Å². The second kappa shape index (κ2) is 5.77. The van der Waals surface area contributed by atoms with Gasteiger partial charge in [0.05, 0.1) is 5.38 Å². The van der Waals surface area contributed by atoms with E-state index in [0.29, 0.717) is 11.4 Å². The van der Waals surface area contributed by atoms with Gasteiger partial charge in [-0.2, -0.15) is 0 Å². The van der Waals surface area contributed by atoms with E-state index in [4.69, 9.17) is 11.6 Å². The van der Waals surface area contributed by atoms with Crippen LogP contribution in [0.25, 0.3) is 0 Å². The summed E-state index contributed by atoms with van der Waals surface area (Å²) >= 11 is 6.50. The monoisotopic (exact) mass is 251 g/mol. The normalized spacial score (nSPS) is 24.6. The number of anilines is 1. The topological polar surface area (TPSA) is 3.24 Å². The molecule has 2 heteroatoms. The average Bonchev–Trinajstić information content (AvgIpc) is 2.35. The maximum Gasteiger partial charge on any atom is 0.0539 e. The molecule has 0 aromatic heterocycles. The molecule has 2 rings (SSSR count). The number of aryl methyl sites for hydroxylation is 1. The first-order valence-electron chi connectivity index (χ1n) is 6.69. The number of rotatable bonds is 3. The van der Waals surface area contributed by atoms with Crippen molar-refractivity contribution < 1.29 is 0 Å². The Kier molecular flexibility index (Phi) is 4.33. The predicted octanol–water partition coefficient (Wildman–Crippen LogP) is 4.37. The fourth-order valence-electron chi connectivity index (χ4n) is 2.76. The fraction of sp³-hybridized carbons (Fsp3) is 0.600. The Bertz CT molecular complexity index is 346. The smallest absolute Gasteiger partial charge is 0.0539 e. The van der Waals surface area contributed by atoms with Crippen LogP contribution in [0.1, 0.15) is 38.2 Å². The van der Waals surface area contributed by atoms with Gasteiger partial charge in [-0.05, 0) is 38.8 Å². The molecular formula is C15H22ClN. The molecular weight excluding hydrogens is 230 g/mol. The Morgan fingerprint density at radius 3 is 2.41 bits per heavy atom. The van der Waals surface area contributed by atoms with Gasteiger partial charge in [0.15, 0.2) is 0 Å². The Morgan fingerprint density at radius 1 is 1.18 bits per heavy atom. The van der Waals surface area contributed by atoms with Crippen molar-refractivity contribution in [2.45, 2.75) is 50.9 Å². The Balaban J connectivity index is 2.17. The van der Waals surface area contributed by atoms with Crippen molar-refractivity contribution in [2.24, 2.45) is 0 Å². The van der Waals surface area contributed by atoms with E-state index in [-0.39, 0.29) is 0 Å². The summed E-state index contributed by atoms with van der Waals surface area (Å²) in [6.45, 7) is 5.39. The van der Waals surface area contributed by atoms with Crippen LogP contribution in [0.4, 0.5) is 5.69 Å². The summed E-state index contributed by atoms with van der Waals surface area (Å²) < 4.78 is 0. The minimum Gasteiger partial charge on any atom is -0.367 e. The molecule has 0 unspecified atom stereocenters. The predicted molar refractivity (Wildman–Crippen MR) is 76.1 cm³/mol. The van der Waals surface area contributed by atoms with Crippen molar-refractivity contribution >= 4 is 17.3 Å². The van der Waals surface area contributed by atoms with Crippen LogP contribution in [0.5, 0.6) is 0 Å². The average molecular weight is 252 g/mol. The van der Waals surface area contributed by atoms with Gasteiger partial charge in [0.1, 0.15) is 0 Å². The third-order valence-electron chi connectivity index (χ3n) is 3.75. The lowest BCUT2D eigenvalue weighted by atomic mass is 9.93. The fourth-order valence-corrected chi connectivity index (χ4v) is 3.18. The van der Waals surface area contributed by atoms with Gasteiger partial charge in [-0.25, -0.2) is 0 Å². The standard InChI is InChI=1S/C15H22ClN/c1-3-17(13-10-8-12(2)9-11-13)15-7-5-4-6-14(15)16/h8-11,14-15H,3-7H2,1-2H3/t14-,15-/m1/s1. The van der Waals surface area contributed by atoms with Crippen LogP contribution in [0, 0.1) is 6.92 Å². The van der Waals surface area contributed by atoms with Gasteiger partial charge in [0.25, 0.3) is 0 Å². The molecule has 17 heavy (non-hydrogen) atoms. The van der Waals surface area contributed by atoms with E-state index >= 15 is 0 Å². The number of nitrogens with zero attached hydrogens (tertiary/aromatic N) is 1. The summed E-state index contributed by atoms with van der Waals surface area (Å²) in [5.74, 6) is 0. The lowest BCUT2D eigenvalue weighted by molar-refractivity contribution is 0.424. The summed E-state index contributed by atoms with van der Waals surface area (Å²) in [5, 5.41) is 0.310. The van der Waals surface area contributed by atoms with Crippen LogP contribution in [0.15, 0.2) is 24.3 Å². The number of hydrogen-bond acceptors (Lipinski definition) is 1. The highest BCUT2D eigenvalue weighted by molar-refractivity contribution is 6.21. The molecule has 0 radical (unpaired) electrons. The highest BCUT2D eigenvalue weighted by Gasteiger charge is 2.27. The first-order valence-corrected chi connectivity index (χ1v) is 7.13. The summed E-state index contributed by atoms with van der Waals surface area (Å²) in [4.78, 5) is 2.47. The molecule has 0 bridgehead atoms. The molecule has 0 saturated heterocycles.